The number of aryl methyl sites for hydroxylation is 1. The molecule has 2 N–H and O–H groups in total. The van der Waals surface area contributed by atoms with Crippen molar-refractivity contribution in [1.29, 1.82) is 0 Å². The molecule has 1 aliphatic rings. The van der Waals surface area contributed by atoms with Gasteiger partial charge in [0.1, 0.15) is 17.1 Å². The van der Waals surface area contributed by atoms with Gasteiger partial charge in [-0.15, -0.1) is 22.7 Å². The van der Waals surface area contributed by atoms with Crippen molar-refractivity contribution in [3.05, 3.63) is 57.6 Å². The van der Waals surface area contributed by atoms with Gasteiger partial charge in [-0.2, -0.15) is 0 Å². The Balaban J connectivity index is 1.61. The molecule has 10 heteroatoms. The van der Waals surface area contributed by atoms with Crippen LogP contribution < -0.4 is 15.4 Å². The molecule has 1 aliphatic heterocycles. The van der Waals surface area contributed by atoms with E-state index in [0.29, 0.717) is 42.5 Å². The summed E-state index contributed by atoms with van der Waals surface area (Å²) in [5.41, 5.74) is 6.09. The highest BCUT2D eigenvalue weighted by Gasteiger charge is 2.30. The zero-order chi connectivity index (χ0) is 25.4. The van der Waals surface area contributed by atoms with Gasteiger partial charge < -0.3 is 19.9 Å². The summed E-state index contributed by atoms with van der Waals surface area (Å²) in [6, 6.07) is 7.86. The van der Waals surface area contributed by atoms with E-state index in [1.165, 1.54) is 11.3 Å². The number of thiazole rings is 1. The van der Waals surface area contributed by atoms with Crippen LogP contribution in [-0.2, 0) is 13.0 Å². The standard InChI is InChI=1S/C26H27N5O3S2/c1-26(2,3)13-27-25(33)23-30-21(20-6-5-9-36-20)22-16-11-17(29-24(32)18-12-35-14-28-18)19(34-4)10-15(16)7-8-31(22)23/h5-6,9-12,14H,7-8,13H2,1-4H3,(H,27,33)(H,29,32). The third kappa shape index (κ3) is 4.66. The molecule has 186 valence electrons. The topological polar surface area (TPSA) is 98.1 Å². The van der Waals surface area contributed by atoms with Gasteiger partial charge in [0, 0.05) is 24.0 Å². The predicted molar refractivity (Wildman–Crippen MR) is 143 cm³/mol. The SMILES string of the molecule is COc1cc2c(cc1NC(=O)c1cscn1)-c1c(-c3cccs3)nc(C(=O)NCC(C)(C)C)n1CC2. The van der Waals surface area contributed by atoms with Crippen molar-refractivity contribution in [2.24, 2.45) is 5.41 Å². The number of carbonyl (C=O) groups is 2. The summed E-state index contributed by atoms with van der Waals surface area (Å²) in [5, 5.41) is 9.68. The molecular formula is C26H27N5O3S2. The van der Waals surface area contributed by atoms with Crippen molar-refractivity contribution in [1.82, 2.24) is 19.9 Å². The smallest absolute Gasteiger partial charge is 0.287 e. The van der Waals surface area contributed by atoms with Gasteiger partial charge in [0.05, 0.1) is 28.9 Å². The molecule has 2 amide bonds. The van der Waals surface area contributed by atoms with E-state index < -0.39 is 0 Å². The number of hydrogen-bond donors (Lipinski definition) is 2. The summed E-state index contributed by atoms with van der Waals surface area (Å²) >= 11 is 2.94. The normalized spacial score (nSPS) is 12.6. The Bertz CT molecular complexity index is 1420. The number of hydrogen-bond acceptors (Lipinski definition) is 7. The van der Waals surface area contributed by atoms with Gasteiger partial charge in [-0.3, -0.25) is 9.59 Å². The van der Waals surface area contributed by atoms with E-state index in [2.05, 4.69) is 36.4 Å². The lowest BCUT2D eigenvalue weighted by Gasteiger charge is -2.24. The average Bonchev–Trinajstić information content (AvgIpc) is 3.62. The number of rotatable bonds is 6. The summed E-state index contributed by atoms with van der Waals surface area (Å²) in [5.74, 6) is 0.473. The highest BCUT2D eigenvalue weighted by atomic mass is 32.1. The Hall–Kier alpha value is -3.50. The first-order valence-corrected chi connectivity index (χ1v) is 13.4. The molecule has 0 bridgehead atoms. The number of amides is 2. The minimum absolute atomic E-state index is 0.0445. The number of thiophene rings is 1. The van der Waals surface area contributed by atoms with Crippen LogP contribution in [0.4, 0.5) is 5.69 Å². The van der Waals surface area contributed by atoms with E-state index in [4.69, 9.17) is 9.72 Å². The van der Waals surface area contributed by atoms with Crippen LogP contribution in [0.3, 0.4) is 0 Å². The fraction of sp³-hybridized carbons (Fsp3) is 0.308. The average molecular weight is 522 g/mol. The summed E-state index contributed by atoms with van der Waals surface area (Å²) < 4.78 is 7.60. The lowest BCUT2D eigenvalue weighted by atomic mass is 9.95. The predicted octanol–water partition coefficient (Wildman–Crippen LogP) is 5.33. The second-order valence-corrected chi connectivity index (χ2v) is 11.5. The van der Waals surface area contributed by atoms with Crippen molar-refractivity contribution in [2.45, 2.75) is 33.7 Å². The molecule has 0 aliphatic carbocycles. The number of nitrogens with zero attached hydrogens (tertiary/aromatic N) is 3. The largest absolute Gasteiger partial charge is 0.495 e. The maximum Gasteiger partial charge on any atom is 0.287 e. The van der Waals surface area contributed by atoms with E-state index in [1.807, 2.05) is 34.2 Å². The summed E-state index contributed by atoms with van der Waals surface area (Å²) in [7, 11) is 1.59. The van der Waals surface area contributed by atoms with Gasteiger partial charge in [0.15, 0.2) is 5.82 Å². The molecule has 1 aromatic carbocycles. The van der Waals surface area contributed by atoms with E-state index in [1.54, 1.807) is 29.3 Å². The Morgan fingerprint density at radius 3 is 2.72 bits per heavy atom. The van der Waals surface area contributed by atoms with Gasteiger partial charge >= 0.3 is 0 Å². The zero-order valence-electron chi connectivity index (χ0n) is 20.5. The Labute approximate surface area is 217 Å². The second-order valence-electron chi connectivity index (χ2n) is 9.79. The fourth-order valence-corrected chi connectivity index (χ4v) is 5.43. The zero-order valence-corrected chi connectivity index (χ0v) is 22.2. The number of aromatic nitrogens is 3. The molecule has 0 saturated heterocycles. The van der Waals surface area contributed by atoms with Crippen molar-refractivity contribution >= 4 is 40.2 Å². The lowest BCUT2D eigenvalue weighted by Crippen LogP contribution is -2.34. The van der Waals surface area contributed by atoms with Crippen LogP contribution in [0.25, 0.3) is 21.8 Å². The molecule has 36 heavy (non-hydrogen) atoms. The van der Waals surface area contributed by atoms with Crippen LogP contribution in [0.5, 0.6) is 5.75 Å². The Morgan fingerprint density at radius 1 is 1.22 bits per heavy atom. The number of benzene rings is 1. The Kier molecular flexibility index (Phi) is 6.40. The van der Waals surface area contributed by atoms with Crippen molar-refractivity contribution in [3.8, 4) is 27.6 Å². The first kappa shape index (κ1) is 24.2. The van der Waals surface area contributed by atoms with Gasteiger partial charge in [0.25, 0.3) is 11.8 Å². The summed E-state index contributed by atoms with van der Waals surface area (Å²) in [6.07, 6.45) is 0.707. The third-order valence-electron chi connectivity index (χ3n) is 5.90. The van der Waals surface area contributed by atoms with Crippen LogP contribution >= 0.6 is 22.7 Å². The van der Waals surface area contributed by atoms with Crippen molar-refractivity contribution in [2.75, 3.05) is 19.0 Å². The number of methoxy groups -OCH3 is 1. The Morgan fingerprint density at radius 2 is 2.06 bits per heavy atom. The third-order valence-corrected chi connectivity index (χ3v) is 7.37. The van der Waals surface area contributed by atoms with Crippen LogP contribution in [-0.4, -0.2) is 40.0 Å². The van der Waals surface area contributed by atoms with Crippen molar-refractivity contribution in [3.63, 3.8) is 0 Å². The van der Waals surface area contributed by atoms with E-state index >= 15 is 0 Å². The molecule has 4 aromatic rings. The molecule has 0 atom stereocenters. The van der Waals surface area contributed by atoms with E-state index in [9.17, 15) is 9.59 Å². The molecule has 0 fully saturated rings. The monoisotopic (exact) mass is 521 g/mol. The molecule has 0 radical (unpaired) electrons. The number of imidazole rings is 1. The highest BCUT2D eigenvalue weighted by molar-refractivity contribution is 7.13. The lowest BCUT2D eigenvalue weighted by molar-refractivity contribution is 0.0924. The van der Waals surface area contributed by atoms with Crippen LogP contribution in [0, 0.1) is 5.41 Å². The minimum Gasteiger partial charge on any atom is -0.495 e. The number of fused-ring (bicyclic) bond motifs is 3. The van der Waals surface area contributed by atoms with Gasteiger partial charge in [-0.05, 0) is 41.0 Å². The number of nitrogens with one attached hydrogen (secondary N) is 2. The first-order chi connectivity index (χ1) is 17.2. The van der Waals surface area contributed by atoms with Gasteiger partial charge in [0.2, 0.25) is 0 Å². The number of anilines is 1. The van der Waals surface area contributed by atoms with E-state index in [0.717, 1.165) is 27.4 Å². The quantitative estimate of drug-likeness (QED) is 0.358. The summed E-state index contributed by atoms with van der Waals surface area (Å²) in [6.45, 7) is 7.40. The number of carbonyl (C=O) groups excluding carboxylic acids is 2. The van der Waals surface area contributed by atoms with E-state index in [-0.39, 0.29) is 17.2 Å². The van der Waals surface area contributed by atoms with Crippen LogP contribution in [0.1, 0.15) is 47.4 Å². The van der Waals surface area contributed by atoms with Crippen LogP contribution in [0.15, 0.2) is 40.5 Å². The second kappa shape index (κ2) is 9.51. The van der Waals surface area contributed by atoms with Gasteiger partial charge in [-0.1, -0.05) is 26.8 Å². The fourth-order valence-electron chi connectivity index (χ4n) is 4.19. The molecule has 4 heterocycles. The number of ether oxygens (including phenoxy) is 1. The molecule has 0 unspecified atom stereocenters. The maximum atomic E-state index is 13.2. The van der Waals surface area contributed by atoms with Crippen LogP contribution in [0.2, 0.25) is 0 Å². The molecule has 8 nitrogen and oxygen atoms in total. The minimum atomic E-state index is -0.306. The molecule has 3 aromatic heterocycles. The molecular weight excluding hydrogens is 494 g/mol. The molecule has 5 rings (SSSR count). The highest BCUT2D eigenvalue weighted by Crippen LogP contribution is 2.43. The van der Waals surface area contributed by atoms with Gasteiger partial charge in [-0.25, -0.2) is 9.97 Å². The molecule has 0 spiro atoms. The maximum absolute atomic E-state index is 13.2. The molecule has 0 saturated carbocycles. The van der Waals surface area contributed by atoms with Crippen molar-refractivity contribution < 1.29 is 14.3 Å². The summed E-state index contributed by atoms with van der Waals surface area (Å²) in [4.78, 5) is 35.9. The first-order valence-electron chi connectivity index (χ1n) is 11.6.